The lowest BCUT2D eigenvalue weighted by Crippen LogP contribution is -2.11. The molecule has 1 aromatic heterocycles. The molecule has 0 saturated heterocycles. The van der Waals surface area contributed by atoms with Crippen LogP contribution in [0.2, 0.25) is 0 Å². The Morgan fingerprint density at radius 1 is 1.52 bits per heavy atom. The van der Waals surface area contributed by atoms with Crippen LogP contribution < -0.4 is 14.8 Å². The third-order valence-corrected chi connectivity index (χ3v) is 4.16. The van der Waals surface area contributed by atoms with Crippen molar-refractivity contribution in [3.05, 3.63) is 40.1 Å². The number of hydrogen-bond donors (Lipinski definition) is 1. The number of fused-ring (bicyclic) bond motifs is 1. The number of anilines is 1. The number of hydrogen-bond acceptors (Lipinski definition) is 4. The van der Waals surface area contributed by atoms with Crippen molar-refractivity contribution >= 4 is 22.9 Å². The molecule has 1 aliphatic rings. The summed E-state index contributed by atoms with van der Waals surface area (Å²) < 4.78 is 11.4. The summed E-state index contributed by atoms with van der Waals surface area (Å²) in [6, 6.07) is 7.48. The number of thiophene rings is 1. The van der Waals surface area contributed by atoms with Gasteiger partial charge in [-0.05, 0) is 31.4 Å². The minimum atomic E-state index is -0.128. The molecule has 5 heteroatoms. The second-order valence-electron chi connectivity index (χ2n) is 4.95. The molecule has 1 N–H and O–H groups in total. The molecule has 0 saturated carbocycles. The largest absolute Gasteiger partial charge is 0.492 e. The molecule has 3 rings (SSSR count). The Morgan fingerprint density at radius 2 is 2.38 bits per heavy atom. The molecule has 0 fully saturated rings. The SMILES string of the molecule is CCOc1cc2c(cc1NC(=O)c1cccs1)O[C@H](C)C2. The quantitative estimate of drug-likeness (QED) is 0.936. The van der Waals surface area contributed by atoms with E-state index in [-0.39, 0.29) is 12.0 Å². The minimum absolute atomic E-state index is 0.128. The Kier molecular flexibility index (Phi) is 3.84. The molecule has 1 amide bonds. The van der Waals surface area contributed by atoms with Gasteiger partial charge in [0.25, 0.3) is 5.91 Å². The predicted octanol–water partition coefficient (Wildman–Crippen LogP) is 3.72. The highest BCUT2D eigenvalue weighted by molar-refractivity contribution is 7.12. The number of carbonyl (C=O) groups excluding carboxylic acids is 1. The van der Waals surface area contributed by atoms with Gasteiger partial charge < -0.3 is 14.8 Å². The van der Waals surface area contributed by atoms with E-state index in [2.05, 4.69) is 5.32 Å². The number of carbonyl (C=O) groups is 1. The van der Waals surface area contributed by atoms with E-state index in [0.717, 1.165) is 17.7 Å². The van der Waals surface area contributed by atoms with Crippen molar-refractivity contribution in [2.24, 2.45) is 0 Å². The molecule has 2 heterocycles. The minimum Gasteiger partial charge on any atom is -0.492 e. The number of benzene rings is 1. The van der Waals surface area contributed by atoms with E-state index in [1.165, 1.54) is 11.3 Å². The van der Waals surface area contributed by atoms with Crippen LogP contribution >= 0.6 is 11.3 Å². The zero-order valence-electron chi connectivity index (χ0n) is 12.0. The lowest BCUT2D eigenvalue weighted by molar-refractivity contribution is 0.103. The Labute approximate surface area is 127 Å². The van der Waals surface area contributed by atoms with Crippen molar-refractivity contribution in [2.45, 2.75) is 26.4 Å². The molecule has 2 aromatic rings. The van der Waals surface area contributed by atoms with Gasteiger partial charge in [0.2, 0.25) is 0 Å². The molecule has 1 atom stereocenters. The van der Waals surface area contributed by atoms with Crippen LogP contribution in [0.3, 0.4) is 0 Å². The van der Waals surface area contributed by atoms with E-state index in [1.807, 2.05) is 37.4 Å². The van der Waals surface area contributed by atoms with E-state index in [1.54, 1.807) is 6.07 Å². The van der Waals surface area contributed by atoms with Crippen LogP contribution in [0.15, 0.2) is 29.6 Å². The Bertz CT molecular complexity index is 652. The van der Waals surface area contributed by atoms with Crippen LogP contribution in [-0.4, -0.2) is 18.6 Å². The summed E-state index contributed by atoms with van der Waals surface area (Å²) in [6.07, 6.45) is 1.03. The third-order valence-electron chi connectivity index (χ3n) is 3.29. The average molecular weight is 303 g/mol. The molecule has 0 radical (unpaired) electrons. The maximum Gasteiger partial charge on any atom is 0.265 e. The summed E-state index contributed by atoms with van der Waals surface area (Å²) in [7, 11) is 0. The van der Waals surface area contributed by atoms with Gasteiger partial charge in [-0.25, -0.2) is 0 Å². The van der Waals surface area contributed by atoms with E-state index < -0.39 is 0 Å². The van der Waals surface area contributed by atoms with Crippen LogP contribution in [0.4, 0.5) is 5.69 Å². The van der Waals surface area contributed by atoms with Crippen molar-refractivity contribution in [1.29, 1.82) is 0 Å². The summed E-state index contributed by atoms with van der Waals surface area (Å²) in [6.45, 7) is 4.51. The van der Waals surface area contributed by atoms with Crippen molar-refractivity contribution in [1.82, 2.24) is 0 Å². The summed E-state index contributed by atoms with van der Waals surface area (Å²) in [5.41, 5.74) is 1.78. The lowest BCUT2D eigenvalue weighted by Gasteiger charge is -2.13. The standard InChI is InChI=1S/C16H17NO3S/c1-3-19-14-8-11-7-10(2)20-13(11)9-12(14)17-16(18)15-5-4-6-21-15/h4-6,8-10H,3,7H2,1-2H3,(H,17,18)/t10-/m1/s1. The Balaban J connectivity index is 1.90. The highest BCUT2D eigenvalue weighted by Crippen LogP contribution is 2.38. The van der Waals surface area contributed by atoms with Crippen LogP contribution in [0, 0.1) is 0 Å². The van der Waals surface area contributed by atoms with Gasteiger partial charge in [-0.3, -0.25) is 4.79 Å². The summed E-state index contributed by atoms with van der Waals surface area (Å²) >= 11 is 1.41. The van der Waals surface area contributed by atoms with Crippen LogP contribution in [0.25, 0.3) is 0 Å². The van der Waals surface area contributed by atoms with Gasteiger partial charge in [-0.15, -0.1) is 11.3 Å². The summed E-state index contributed by atoms with van der Waals surface area (Å²) in [4.78, 5) is 12.9. The Hall–Kier alpha value is -2.01. The predicted molar refractivity (Wildman–Crippen MR) is 83.7 cm³/mol. The van der Waals surface area contributed by atoms with Crippen LogP contribution in [0.1, 0.15) is 29.1 Å². The van der Waals surface area contributed by atoms with Gasteiger partial charge in [-0.1, -0.05) is 6.07 Å². The fourth-order valence-electron chi connectivity index (χ4n) is 2.40. The molecular formula is C16H17NO3S. The fraction of sp³-hybridized carbons (Fsp3) is 0.312. The summed E-state index contributed by atoms with van der Waals surface area (Å²) in [5.74, 6) is 1.39. The molecule has 0 bridgehead atoms. The van der Waals surface area contributed by atoms with Crippen molar-refractivity contribution in [3.63, 3.8) is 0 Å². The molecule has 0 aliphatic carbocycles. The lowest BCUT2D eigenvalue weighted by atomic mass is 10.1. The van der Waals surface area contributed by atoms with Crippen LogP contribution in [0.5, 0.6) is 11.5 Å². The topological polar surface area (TPSA) is 47.6 Å². The maximum atomic E-state index is 12.2. The fourth-order valence-corrected chi connectivity index (χ4v) is 3.02. The molecule has 21 heavy (non-hydrogen) atoms. The monoisotopic (exact) mass is 303 g/mol. The van der Waals surface area contributed by atoms with Crippen molar-refractivity contribution in [3.8, 4) is 11.5 Å². The number of amides is 1. The molecular weight excluding hydrogens is 286 g/mol. The first kappa shape index (κ1) is 13.9. The van der Waals surface area contributed by atoms with Gasteiger partial charge in [0.05, 0.1) is 17.2 Å². The first-order chi connectivity index (χ1) is 10.2. The molecule has 0 unspecified atom stereocenters. The van der Waals surface area contributed by atoms with Crippen molar-refractivity contribution in [2.75, 3.05) is 11.9 Å². The Morgan fingerprint density at radius 3 is 3.10 bits per heavy atom. The van der Waals surface area contributed by atoms with Crippen molar-refractivity contribution < 1.29 is 14.3 Å². The van der Waals surface area contributed by atoms with Gasteiger partial charge in [0.1, 0.15) is 17.6 Å². The van der Waals surface area contributed by atoms with Gasteiger partial charge in [-0.2, -0.15) is 0 Å². The molecule has 1 aromatic carbocycles. The van der Waals surface area contributed by atoms with E-state index >= 15 is 0 Å². The number of nitrogens with one attached hydrogen (secondary N) is 1. The van der Waals surface area contributed by atoms with Gasteiger partial charge in [0.15, 0.2) is 0 Å². The second-order valence-corrected chi connectivity index (χ2v) is 5.90. The average Bonchev–Trinajstić information content (AvgIpc) is 3.07. The molecule has 0 spiro atoms. The van der Waals surface area contributed by atoms with Crippen LogP contribution in [-0.2, 0) is 6.42 Å². The zero-order chi connectivity index (χ0) is 14.8. The highest BCUT2D eigenvalue weighted by atomic mass is 32.1. The first-order valence-electron chi connectivity index (χ1n) is 6.98. The van der Waals surface area contributed by atoms with Gasteiger partial charge in [0, 0.05) is 18.1 Å². The molecule has 4 nitrogen and oxygen atoms in total. The molecule has 1 aliphatic heterocycles. The second kappa shape index (κ2) is 5.77. The van der Waals surface area contributed by atoms with E-state index in [4.69, 9.17) is 9.47 Å². The smallest absolute Gasteiger partial charge is 0.265 e. The van der Waals surface area contributed by atoms with Gasteiger partial charge >= 0.3 is 0 Å². The zero-order valence-corrected chi connectivity index (χ0v) is 12.8. The normalized spacial score (nSPS) is 16.2. The third kappa shape index (κ3) is 2.88. The van der Waals surface area contributed by atoms with E-state index in [0.29, 0.717) is 22.9 Å². The number of ether oxygens (including phenoxy) is 2. The highest BCUT2D eigenvalue weighted by Gasteiger charge is 2.22. The summed E-state index contributed by atoms with van der Waals surface area (Å²) in [5, 5.41) is 4.79. The maximum absolute atomic E-state index is 12.2. The first-order valence-corrected chi connectivity index (χ1v) is 7.86. The number of rotatable bonds is 4. The molecule has 110 valence electrons. The van der Waals surface area contributed by atoms with E-state index in [9.17, 15) is 4.79 Å².